The Morgan fingerprint density at radius 1 is 1.19 bits per heavy atom. The normalized spacial score (nSPS) is 27.2. The number of anilines is 1. The highest BCUT2D eigenvalue weighted by Gasteiger charge is 2.54. The smallest absolute Gasteiger partial charge is 0.230 e. The van der Waals surface area contributed by atoms with Crippen molar-refractivity contribution in [2.24, 2.45) is 11.8 Å². The zero-order valence-corrected chi connectivity index (χ0v) is 12.2. The molecule has 2 aliphatic carbocycles. The van der Waals surface area contributed by atoms with Crippen LogP contribution in [0.2, 0.25) is 0 Å². The number of rotatable bonds is 3. The predicted octanol–water partition coefficient (Wildman–Crippen LogP) is 3.84. The molecule has 0 saturated heterocycles. The molecule has 0 spiro atoms. The van der Waals surface area contributed by atoms with Gasteiger partial charge < -0.3 is 15.0 Å². The van der Waals surface area contributed by atoms with Gasteiger partial charge in [-0.3, -0.25) is 0 Å². The highest BCUT2D eigenvalue weighted by molar-refractivity contribution is 5.80. The Balaban J connectivity index is 1.78. The molecule has 2 saturated carbocycles. The van der Waals surface area contributed by atoms with Crippen molar-refractivity contribution in [2.45, 2.75) is 31.6 Å². The molecule has 0 radical (unpaired) electrons. The monoisotopic (exact) mass is 284 g/mol. The zero-order valence-electron chi connectivity index (χ0n) is 12.2. The van der Waals surface area contributed by atoms with E-state index in [1.54, 1.807) is 7.11 Å². The van der Waals surface area contributed by atoms with Crippen LogP contribution in [0.1, 0.15) is 37.3 Å². The van der Waals surface area contributed by atoms with Crippen molar-refractivity contribution in [3.63, 3.8) is 0 Å². The molecule has 21 heavy (non-hydrogen) atoms. The highest BCUT2D eigenvalue weighted by atomic mass is 16.5. The number of fused-ring (bicyclic) bond motifs is 1. The maximum Gasteiger partial charge on any atom is 0.230 e. The lowest BCUT2D eigenvalue weighted by Crippen LogP contribution is -1.94. The second-order valence-corrected chi connectivity index (χ2v) is 6.15. The third-order valence-electron chi connectivity index (χ3n) is 5.09. The lowest BCUT2D eigenvalue weighted by atomic mass is 10.0. The summed E-state index contributed by atoms with van der Waals surface area (Å²) >= 11 is 0. The average Bonchev–Trinajstić information content (AvgIpc) is 3.14. The Morgan fingerprint density at radius 3 is 2.62 bits per heavy atom. The summed E-state index contributed by atoms with van der Waals surface area (Å²) < 4.78 is 10.8. The van der Waals surface area contributed by atoms with E-state index < -0.39 is 0 Å². The van der Waals surface area contributed by atoms with Crippen molar-refractivity contribution in [3.05, 3.63) is 30.0 Å². The van der Waals surface area contributed by atoms with Gasteiger partial charge in [-0.25, -0.2) is 0 Å². The van der Waals surface area contributed by atoms with Crippen LogP contribution in [0.15, 0.2) is 28.8 Å². The third kappa shape index (κ3) is 1.93. The fraction of sp³-hybridized carbons (Fsp3) is 0.471. The first-order chi connectivity index (χ1) is 10.3. The number of aromatic nitrogens is 1. The van der Waals surface area contributed by atoms with E-state index >= 15 is 0 Å². The van der Waals surface area contributed by atoms with Crippen molar-refractivity contribution in [1.29, 1.82) is 0 Å². The van der Waals surface area contributed by atoms with Gasteiger partial charge in [-0.2, -0.15) is 0 Å². The number of para-hydroxylation sites is 1. The maximum absolute atomic E-state index is 6.07. The molecule has 0 bridgehead atoms. The Morgan fingerprint density at radius 2 is 1.90 bits per heavy atom. The molecule has 2 aliphatic rings. The largest absolute Gasteiger partial charge is 0.496 e. The van der Waals surface area contributed by atoms with Crippen molar-refractivity contribution < 1.29 is 9.26 Å². The highest BCUT2D eigenvalue weighted by Crippen LogP contribution is 2.62. The minimum atomic E-state index is 0.401. The molecule has 1 heterocycles. The molecule has 2 atom stereocenters. The predicted molar refractivity (Wildman–Crippen MR) is 81.1 cm³/mol. The van der Waals surface area contributed by atoms with E-state index in [2.05, 4.69) is 5.16 Å². The Labute approximate surface area is 124 Å². The van der Waals surface area contributed by atoms with Crippen molar-refractivity contribution in [1.82, 2.24) is 5.16 Å². The topological polar surface area (TPSA) is 61.3 Å². The molecule has 0 amide bonds. The second kappa shape index (κ2) is 4.79. The standard InChI is InChI=1S/C17H20N2O2/c1-20-13-9-5-4-8-12(13)15-16(19-21-17(15)18)14-10-6-2-3-7-11(10)14/h4-5,8-11,14H,2-3,6-7,18H2,1H3. The van der Waals surface area contributed by atoms with E-state index in [-0.39, 0.29) is 0 Å². The number of nitrogens with two attached hydrogens (primary N) is 1. The van der Waals surface area contributed by atoms with Crippen LogP contribution in [0.4, 0.5) is 5.88 Å². The number of hydrogen-bond acceptors (Lipinski definition) is 4. The third-order valence-corrected chi connectivity index (χ3v) is 5.09. The number of hydrogen-bond donors (Lipinski definition) is 1. The van der Waals surface area contributed by atoms with E-state index in [0.717, 1.165) is 34.4 Å². The van der Waals surface area contributed by atoms with Crippen LogP contribution < -0.4 is 10.5 Å². The number of ether oxygens (including phenoxy) is 1. The molecule has 2 aromatic rings. The van der Waals surface area contributed by atoms with Crippen LogP contribution in [-0.2, 0) is 0 Å². The molecule has 2 fully saturated rings. The fourth-order valence-corrected chi connectivity index (χ4v) is 4.06. The summed E-state index contributed by atoms with van der Waals surface area (Å²) in [4.78, 5) is 0. The first-order valence-corrected chi connectivity index (χ1v) is 7.69. The summed E-state index contributed by atoms with van der Waals surface area (Å²) in [6.45, 7) is 0. The van der Waals surface area contributed by atoms with Crippen LogP contribution >= 0.6 is 0 Å². The van der Waals surface area contributed by atoms with Gasteiger partial charge in [0.05, 0.1) is 18.4 Å². The summed E-state index contributed by atoms with van der Waals surface area (Å²) in [5, 5.41) is 4.30. The lowest BCUT2D eigenvalue weighted by molar-refractivity contribution is 0.416. The molecular formula is C17H20N2O2. The molecule has 4 heteroatoms. The van der Waals surface area contributed by atoms with Gasteiger partial charge in [0.2, 0.25) is 5.88 Å². The van der Waals surface area contributed by atoms with Crippen LogP contribution in [-0.4, -0.2) is 12.3 Å². The summed E-state index contributed by atoms with van der Waals surface area (Å²) in [7, 11) is 1.68. The van der Waals surface area contributed by atoms with Crippen LogP contribution in [0.25, 0.3) is 11.1 Å². The lowest BCUT2D eigenvalue weighted by Gasteiger charge is -2.08. The van der Waals surface area contributed by atoms with Crippen molar-refractivity contribution >= 4 is 5.88 Å². The minimum absolute atomic E-state index is 0.401. The van der Waals surface area contributed by atoms with E-state index in [1.165, 1.54) is 25.7 Å². The average molecular weight is 284 g/mol. The van der Waals surface area contributed by atoms with Gasteiger partial charge in [-0.15, -0.1) is 0 Å². The number of benzene rings is 1. The summed E-state index contributed by atoms with van der Waals surface area (Å²) in [6.07, 6.45) is 5.31. The van der Waals surface area contributed by atoms with Crippen LogP contribution in [0, 0.1) is 11.8 Å². The number of nitrogen functional groups attached to an aromatic ring is 1. The zero-order chi connectivity index (χ0) is 14.4. The first-order valence-electron chi connectivity index (χ1n) is 7.69. The molecular weight excluding hydrogens is 264 g/mol. The molecule has 1 aromatic heterocycles. The van der Waals surface area contributed by atoms with Gasteiger partial charge >= 0.3 is 0 Å². The van der Waals surface area contributed by atoms with Crippen molar-refractivity contribution in [2.75, 3.05) is 12.8 Å². The molecule has 1 aromatic carbocycles. The summed E-state index contributed by atoms with van der Waals surface area (Å²) in [5.74, 6) is 3.29. The molecule has 4 rings (SSSR count). The molecule has 2 unspecified atom stereocenters. The van der Waals surface area contributed by atoms with E-state index in [4.69, 9.17) is 15.0 Å². The second-order valence-electron chi connectivity index (χ2n) is 6.15. The van der Waals surface area contributed by atoms with Crippen molar-refractivity contribution in [3.8, 4) is 16.9 Å². The Hall–Kier alpha value is -1.97. The molecule has 2 N–H and O–H groups in total. The minimum Gasteiger partial charge on any atom is -0.496 e. The van der Waals surface area contributed by atoms with E-state index in [1.807, 2.05) is 24.3 Å². The summed E-state index contributed by atoms with van der Waals surface area (Å²) in [5.41, 5.74) is 9.02. The molecule has 0 aliphatic heterocycles. The van der Waals surface area contributed by atoms with E-state index in [0.29, 0.717) is 11.8 Å². The summed E-state index contributed by atoms with van der Waals surface area (Å²) in [6, 6.07) is 7.93. The van der Waals surface area contributed by atoms with Crippen LogP contribution in [0.5, 0.6) is 5.75 Å². The quantitative estimate of drug-likeness (QED) is 0.930. The Kier molecular flexibility index (Phi) is 2.91. The fourth-order valence-electron chi connectivity index (χ4n) is 4.06. The van der Waals surface area contributed by atoms with Gasteiger partial charge in [0, 0.05) is 11.5 Å². The van der Waals surface area contributed by atoms with Gasteiger partial charge in [0.15, 0.2) is 0 Å². The molecule has 4 nitrogen and oxygen atoms in total. The van der Waals surface area contributed by atoms with Gasteiger partial charge in [-0.1, -0.05) is 36.2 Å². The van der Waals surface area contributed by atoms with Gasteiger partial charge in [-0.05, 0) is 30.7 Å². The van der Waals surface area contributed by atoms with E-state index in [9.17, 15) is 0 Å². The number of methoxy groups -OCH3 is 1. The Bertz CT molecular complexity index is 653. The SMILES string of the molecule is COc1ccccc1-c1c(C2C3CCCCC32)noc1N. The molecule has 110 valence electrons. The van der Waals surface area contributed by atoms with Gasteiger partial charge in [0.25, 0.3) is 0 Å². The van der Waals surface area contributed by atoms with Gasteiger partial charge in [0.1, 0.15) is 5.75 Å². The first kappa shape index (κ1) is 12.7. The number of nitrogens with zero attached hydrogens (tertiary/aromatic N) is 1. The van der Waals surface area contributed by atoms with Crippen LogP contribution in [0.3, 0.4) is 0 Å². The maximum atomic E-state index is 6.07.